The molecule has 0 fully saturated rings. The third-order valence-corrected chi connectivity index (χ3v) is 3.97. The van der Waals surface area contributed by atoms with Gasteiger partial charge in [-0.1, -0.05) is 41.6 Å². The van der Waals surface area contributed by atoms with E-state index in [2.05, 4.69) is 56.7 Å². The maximum Gasteiger partial charge on any atom is 0.275 e. The van der Waals surface area contributed by atoms with Gasteiger partial charge in [0.25, 0.3) is 5.91 Å². The smallest absolute Gasteiger partial charge is 0.275 e. The largest absolute Gasteiger partial charge is 0.494 e. The summed E-state index contributed by atoms with van der Waals surface area (Å²) in [5, 5.41) is 9.85. The van der Waals surface area contributed by atoms with Crippen molar-refractivity contribution in [3.05, 3.63) is 66.0 Å². The van der Waals surface area contributed by atoms with Gasteiger partial charge in [-0.3, -0.25) is 4.79 Å². The molecule has 0 radical (unpaired) electrons. The van der Waals surface area contributed by atoms with Crippen molar-refractivity contribution >= 4 is 5.91 Å². The molecule has 0 bridgehead atoms. The Balaban J connectivity index is 1.59. The van der Waals surface area contributed by atoms with Crippen LogP contribution >= 0.6 is 0 Å². The van der Waals surface area contributed by atoms with E-state index < -0.39 is 0 Å². The van der Waals surface area contributed by atoms with Crippen molar-refractivity contribution in [2.24, 2.45) is 0 Å². The van der Waals surface area contributed by atoms with E-state index in [1.54, 1.807) is 0 Å². The van der Waals surface area contributed by atoms with Gasteiger partial charge in [-0.2, -0.15) is 0 Å². The van der Waals surface area contributed by atoms with Crippen LogP contribution in [0.1, 0.15) is 29.9 Å². The van der Waals surface area contributed by atoms with Crippen LogP contribution < -0.4 is 10.1 Å². The molecule has 1 atom stereocenters. The van der Waals surface area contributed by atoms with E-state index in [-0.39, 0.29) is 17.6 Å². The van der Waals surface area contributed by atoms with Crippen LogP contribution in [0.2, 0.25) is 0 Å². The molecule has 0 aliphatic carbocycles. The van der Waals surface area contributed by atoms with Crippen molar-refractivity contribution in [1.82, 2.24) is 15.6 Å². The van der Waals surface area contributed by atoms with Crippen molar-refractivity contribution in [3.8, 4) is 16.9 Å². The molecular formula is C20H21N3O3. The Labute approximate surface area is 152 Å². The number of carbonyl (C=O) groups is 1. The fourth-order valence-corrected chi connectivity index (χ4v) is 2.71. The van der Waals surface area contributed by atoms with Gasteiger partial charge >= 0.3 is 0 Å². The number of hydrogen-bond donors (Lipinski definition) is 1. The molecular weight excluding hydrogens is 330 g/mol. The molecule has 2 aromatic carbocycles. The molecule has 6 nitrogen and oxygen atoms in total. The molecule has 1 aromatic heterocycles. The molecule has 0 saturated heterocycles. The van der Waals surface area contributed by atoms with Crippen LogP contribution in [0, 0.1) is 0 Å². The molecule has 134 valence electrons. The topological polar surface area (TPSA) is 77.2 Å². The summed E-state index contributed by atoms with van der Waals surface area (Å²) in [6.07, 6.45) is 2.02. The third-order valence-electron chi connectivity index (χ3n) is 3.97. The summed E-state index contributed by atoms with van der Waals surface area (Å²) in [6.45, 7) is 4.58. The summed E-state index contributed by atoms with van der Waals surface area (Å²) in [7, 11) is 0. The first kappa shape index (κ1) is 17.7. The summed E-state index contributed by atoms with van der Waals surface area (Å²) in [5.74, 6) is 0.588. The molecule has 6 heteroatoms. The number of aromatic nitrogens is 2. The van der Waals surface area contributed by atoms with Crippen LogP contribution in [0.3, 0.4) is 0 Å². The average molecular weight is 351 g/mol. The van der Waals surface area contributed by atoms with Crippen LogP contribution in [0.4, 0.5) is 0 Å². The first-order valence-corrected chi connectivity index (χ1v) is 8.56. The number of carbonyl (C=O) groups excluding carboxylic acids is 1. The molecule has 0 saturated carbocycles. The number of ether oxygens (including phenoxy) is 1. The Morgan fingerprint density at radius 3 is 2.35 bits per heavy atom. The molecule has 0 aliphatic heterocycles. The minimum Gasteiger partial charge on any atom is -0.494 e. The van der Waals surface area contributed by atoms with Gasteiger partial charge in [0.05, 0.1) is 6.61 Å². The van der Waals surface area contributed by atoms with Crippen LogP contribution in [0.5, 0.6) is 5.75 Å². The van der Waals surface area contributed by atoms with Gasteiger partial charge in [0.2, 0.25) is 0 Å². The molecule has 0 spiro atoms. The fraction of sp³-hybridized carbons (Fsp3) is 0.250. The highest BCUT2D eigenvalue weighted by atomic mass is 16.6. The lowest BCUT2D eigenvalue weighted by molar-refractivity contribution is 0.0930. The standard InChI is InChI=1S/C20H21N3O3/c1-3-25-18-10-8-17(9-11-18)16-6-4-15(5-7-16)12-14(2)22-20(24)19-13-21-26-23-19/h4-11,13-14H,3,12H2,1-2H3,(H,22,24). The lowest BCUT2D eigenvalue weighted by atomic mass is 10.0. The average Bonchev–Trinajstić information content (AvgIpc) is 3.18. The lowest BCUT2D eigenvalue weighted by Gasteiger charge is -2.13. The zero-order valence-electron chi connectivity index (χ0n) is 14.8. The fourth-order valence-electron chi connectivity index (χ4n) is 2.71. The zero-order chi connectivity index (χ0) is 18.4. The molecule has 1 amide bonds. The van der Waals surface area contributed by atoms with E-state index in [1.165, 1.54) is 6.20 Å². The summed E-state index contributed by atoms with van der Waals surface area (Å²) in [4.78, 5) is 11.9. The SMILES string of the molecule is CCOc1ccc(-c2ccc(CC(C)NC(=O)c3cnon3)cc2)cc1. The van der Waals surface area contributed by atoms with E-state index in [1.807, 2.05) is 26.0 Å². The van der Waals surface area contributed by atoms with E-state index in [0.717, 1.165) is 28.9 Å². The zero-order valence-corrected chi connectivity index (χ0v) is 14.8. The van der Waals surface area contributed by atoms with Gasteiger partial charge in [0, 0.05) is 6.04 Å². The molecule has 0 aliphatic rings. The van der Waals surface area contributed by atoms with Crippen molar-refractivity contribution in [2.75, 3.05) is 6.61 Å². The Hall–Kier alpha value is -3.15. The maximum atomic E-state index is 11.9. The summed E-state index contributed by atoms with van der Waals surface area (Å²) >= 11 is 0. The van der Waals surface area contributed by atoms with Gasteiger partial charge in [0.15, 0.2) is 5.69 Å². The van der Waals surface area contributed by atoms with Gasteiger partial charge in [0.1, 0.15) is 11.9 Å². The minimum absolute atomic E-state index is 0.0319. The highest BCUT2D eigenvalue weighted by Gasteiger charge is 2.13. The number of nitrogens with zero attached hydrogens (tertiary/aromatic N) is 2. The second kappa shape index (κ2) is 8.29. The van der Waals surface area contributed by atoms with Crippen molar-refractivity contribution in [1.29, 1.82) is 0 Å². The number of benzene rings is 2. The predicted molar refractivity (Wildman–Crippen MR) is 98.0 cm³/mol. The Kier molecular flexibility index (Phi) is 5.63. The minimum atomic E-state index is -0.287. The van der Waals surface area contributed by atoms with Crippen molar-refractivity contribution in [3.63, 3.8) is 0 Å². The molecule has 3 rings (SSSR count). The quantitative estimate of drug-likeness (QED) is 0.705. The second-order valence-corrected chi connectivity index (χ2v) is 6.03. The first-order valence-electron chi connectivity index (χ1n) is 8.56. The van der Waals surface area contributed by atoms with E-state index in [0.29, 0.717) is 6.61 Å². The first-order chi connectivity index (χ1) is 12.7. The Bertz CT molecular complexity index is 828. The van der Waals surface area contributed by atoms with Gasteiger partial charge in [-0.05, 0) is 54.2 Å². The number of nitrogens with one attached hydrogen (secondary N) is 1. The molecule has 26 heavy (non-hydrogen) atoms. The van der Waals surface area contributed by atoms with Gasteiger partial charge < -0.3 is 10.1 Å². The summed E-state index contributed by atoms with van der Waals surface area (Å²) < 4.78 is 9.91. The van der Waals surface area contributed by atoms with E-state index in [4.69, 9.17) is 4.74 Å². The van der Waals surface area contributed by atoms with Crippen LogP contribution in [-0.4, -0.2) is 28.9 Å². The lowest BCUT2D eigenvalue weighted by Crippen LogP contribution is -2.34. The Morgan fingerprint density at radius 2 is 1.77 bits per heavy atom. The molecule has 1 unspecified atom stereocenters. The van der Waals surface area contributed by atoms with E-state index >= 15 is 0 Å². The maximum absolute atomic E-state index is 11.9. The van der Waals surface area contributed by atoms with Crippen molar-refractivity contribution in [2.45, 2.75) is 26.3 Å². The highest BCUT2D eigenvalue weighted by molar-refractivity contribution is 5.91. The molecule has 3 aromatic rings. The predicted octanol–water partition coefficient (Wildman–Crippen LogP) is 3.50. The normalized spacial score (nSPS) is 11.8. The van der Waals surface area contributed by atoms with Crippen molar-refractivity contribution < 1.29 is 14.2 Å². The van der Waals surface area contributed by atoms with Gasteiger partial charge in [-0.25, -0.2) is 4.63 Å². The summed E-state index contributed by atoms with van der Waals surface area (Å²) in [6, 6.07) is 16.3. The highest BCUT2D eigenvalue weighted by Crippen LogP contribution is 2.23. The third kappa shape index (κ3) is 4.47. The van der Waals surface area contributed by atoms with Gasteiger partial charge in [-0.15, -0.1) is 0 Å². The number of amides is 1. The molecule has 1 N–H and O–H groups in total. The van der Waals surface area contributed by atoms with E-state index in [9.17, 15) is 4.79 Å². The number of rotatable bonds is 7. The second-order valence-electron chi connectivity index (χ2n) is 6.03. The molecule has 1 heterocycles. The van der Waals surface area contributed by atoms with Crippen LogP contribution in [0.15, 0.2) is 59.4 Å². The van der Waals surface area contributed by atoms with Crippen LogP contribution in [-0.2, 0) is 6.42 Å². The Morgan fingerprint density at radius 1 is 1.12 bits per heavy atom. The van der Waals surface area contributed by atoms with Crippen LogP contribution in [0.25, 0.3) is 11.1 Å². The number of hydrogen-bond acceptors (Lipinski definition) is 5. The summed E-state index contributed by atoms with van der Waals surface area (Å²) in [5.41, 5.74) is 3.61. The monoisotopic (exact) mass is 351 g/mol.